The summed E-state index contributed by atoms with van der Waals surface area (Å²) in [5.74, 6) is 0.137. The van der Waals surface area contributed by atoms with Crippen LogP contribution < -0.4 is 5.32 Å². The molecule has 0 aliphatic rings. The number of imidazole rings is 1. The Balaban J connectivity index is 2.28. The molecule has 0 bridgehead atoms. The number of halogens is 3. The van der Waals surface area contributed by atoms with Crippen LogP contribution >= 0.6 is 0 Å². The molecule has 0 saturated heterocycles. The van der Waals surface area contributed by atoms with E-state index in [1.54, 1.807) is 26.2 Å². The fourth-order valence-corrected chi connectivity index (χ4v) is 3.87. The van der Waals surface area contributed by atoms with Crippen LogP contribution in [0.3, 0.4) is 0 Å². The summed E-state index contributed by atoms with van der Waals surface area (Å²) in [5, 5.41) is 2.88. The number of fused-ring (bicyclic) bond motifs is 1. The number of benzene rings is 1. The Labute approximate surface area is 154 Å². The number of aryl methyl sites for hydroxylation is 1. The van der Waals surface area contributed by atoms with Gasteiger partial charge in [0.05, 0.1) is 27.9 Å². The highest BCUT2D eigenvalue weighted by atomic mass is 32.2. The van der Waals surface area contributed by atoms with Gasteiger partial charge in [0.25, 0.3) is 0 Å². The molecule has 10 heteroatoms. The van der Waals surface area contributed by atoms with E-state index in [-0.39, 0.29) is 22.0 Å². The fourth-order valence-electron chi connectivity index (χ4n) is 2.76. The van der Waals surface area contributed by atoms with Crippen molar-refractivity contribution in [1.29, 1.82) is 0 Å². The lowest BCUT2D eigenvalue weighted by molar-refractivity contribution is -0.141. The van der Waals surface area contributed by atoms with E-state index in [0.29, 0.717) is 16.8 Å². The predicted octanol–water partition coefficient (Wildman–Crippen LogP) is 3.49. The molecule has 0 aliphatic heterocycles. The number of hydrogen-bond donors (Lipinski definition) is 1. The zero-order valence-corrected chi connectivity index (χ0v) is 15.6. The van der Waals surface area contributed by atoms with Crippen LogP contribution in [-0.4, -0.2) is 35.8 Å². The van der Waals surface area contributed by atoms with Crippen LogP contribution in [0.15, 0.2) is 35.4 Å². The van der Waals surface area contributed by atoms with Gasteiger partial charge >= 0.3 is 6.18 Å². The van der Waals surface area contributed by atoms with Crippen molar-refractivity contribution < 1.29 is 21.6 Å². The minimum Gasteiger partial charge on any atom is -0.388 e. The summed E-state index contributed by atoms with van der Waals surface area (Å²) >= 11 is 0. The summed E-state index contributed by atoms with van der Waals surface area (Å²) in [6.07, 6.45) is -3.50. The Morgan fingerprint density at radius 2 is 1.93 bits per heavy atom. The molecule has 2 heterocycles. The van der Waals surface area contributed by atoms with Crippen molar-refractivity contribution in [2.45, 2.75) is 18.0 Å². The van der Waals surface area contributed by atoms with Crippen molar-refractivity contribution >= 4 is 26.6 Å². The molecule has 0 unspecified atom stereocenters. The van der Waals surface area contributed by atoms with Gasteiger partial charge in [-0.25, -0.2) is 18.4 Å². The predicted molar refractivity (Wildman–Crippen MR) is 96.2 cm³/mol. The molecule has 144 valence electrons. The van der Waals surface area contributed by atoms with Gasteiger partial charge in [-0.15, -0.1) is 0 Å². The van der Waals surface area contributed by atoms with Gasteiger partial charge in [-0.1, -0.05) is 6.92 Å². The zero-order chi connectivity index (χ0) is 20.0. The van der Waals surface area contributed by atoms with Crippen LogP contribution in [0, 0.1) is 0 Å². The molecular weight excluding hydrogens is 381 g/mol. The van der Waals surface area contributed by atoms with Crippen molar-refractivity contribution in [3.63, 3.8) is 0 Å². The van der Waals surface area contributed by atoms with Crippen molar-refractivity contribution in [3.05, 3.63) is 36.2 Å². The number of aromatic nitrogens is 3. The van der Waals surface area contributed by atoms with Crippen LogP contribution in [0.5, 0.6) is 0 Å². The highest BCUT2D eigenvalue weighted by Gasteiger charge is 2.33. The molecule has 3 aromatic rings. The quantitative estimate of drug-likeness (QED) is 0.728. The lowest BCUT2D eigenvalue weighted by Crippen LogP contribution is -2.08. The van der Waals surface area contributed by atoms with E-state index in [9.17, 15) is 21.6 Å². The third-order valence-electron chi connectivity index (χ3n) is 4.28. The van der Waals surface area contributed by atoms with Crippen LogP contribution in [0.4, 0.5) is 18.9 Å². The van der Waals surface area contributed by atoms with Crippen LogP contribution in [-0.2, 0) is 23.1 Å². The molecule has 0 aliphatic carbocycles. The largest absolute Gasteiger partial charge is 0.433 e. The summed E-state index contributed by atoms with van der Waals surface area (Å²) in [5.41, 5.74) is 0.336. The van der Waals surface area contributed by atoms with Gasteiger partial charge in [-0.2, -0.15) is 13.2 Å². The summed E-state index contributed by atoms with van der Waals surface area (Å²) in [6.45, 7) is 1.53. The Hall–Kier alpha value is -2.62. The lowest BCUT2D eigenvalue weighted by atomic mass is 10.2. The maximum atomic E-state index is 12.9. The molecule has 2 aromatic heterocycles. The second-order valence-corrected chi connectivity index (χ2v) is 8.16. The minimum absolute atomic E-state index is 0.0688. The van der Waals surface area contributed by atoms with Gasteiger partial charge in [0, 0.05) is 25.3 Å². The molecule has 0 fully saturated rings. The Bertz CT molecular complexity index is 1120. The van der Waals surface area contributed by atoms with E-state index >= 15 is 0 Å². The van der Waals surface area contributed by atoms with Gasteiger partial charge in [-0.3, -0.25) is 0 Å². The number of pyridine rings is 1. The summed E-state index contributed by atoms with van der Waals surface area (Å²) in [7, 11) is -0.316. The first-order chi connectivity index (χ1) is 12.6. The number of rotatable bonds is 4. The SMILES string of the molecule is CCS(=O)(=O)c1cc(NC)ccc1-c1nc2cc(C(F)(F)F)ncc2n1C. The molecule has 3 rings (SSSR count). The Kier molecular flexibility index (Phi) is 4.62. The maximum Gasteiger partial charge on any atom is 0.433 e. The molecule has 0 radical (unpaired) electrons. The topological polar surface area (TPSA) is 76.9 Å². The zero-order valence-electron chi connectivity index (χ0n) is 14.8. The monoisotopic (exact) mass is 398 g/mol. The number of nitrogens with one attached hydrogen (secondary N) is 1. The van der Waals surface area contributed by atoms with Crippen molar-refractivity contribution in [3.8, 4) is 11.4 Å². The van der Waals surface area contributed by atoms with Gasteiger partial charge in [0.2, 0.25) is 0 Å². The van der Waals surface area contributed by atoms with Gasteiger partial charge < -0.3 is 9.88 Å². The second kappa shape index (κ2) is 6.52. The first kappa shape index (κ1) is 19.2. The average molecular weight is 398 g/mol. The third kappa shape index (κ3) is 3.36. The number of hydrogen-bond acceptors (Lipinski definition) is 5. The van der Waals surface area contributed by atoms with Crippen LogP contribution in [0.2, 0.25) is 0 Å². The van der Waals surface area contributed by atoms with Crippen LogP contribution in [0.1, 0.15) is 12.6 Å². The first-order valence-electron chi connectivity index (χ1n) is 8.03. The normalized spacial score (nSPS) is 12.5. The molecule has 1 N–H and O–H groups in total. The molecule has 0 saturated carbocycles. The van der Waals surface area contributed by atoms with Crippen LogP contribution in [0.25, 0.3) is 22.4 Å². The Morgan fingerprint density at radius 3 is 2.52 bits per heavy atom. The van der Waals surface area contributed by atoms with E-state index in [1.165, 1.54) is 17.6 Å². The van der Waals surface area contributed by atoms with Crippen molar-refractivity contribution in [2.75, 3.05) is 18.1 Å². The highest BCUT2D eigenvalue weighted by Crippen LogP contribution is 2.34. The average Bonchev–Trinajstić information content (AvgIpc) is 2.96. The number of alkyl halides is 3. The van der Waals surface area contributed by atoms with E-state index in [4.69, 9.17) is 0 Å². The van der Waals surface area contributed by atoms with E-state index in [1.807, 2.05) is 0 Å². The van der Waals surface area contributed by atoms with E-state index in [0.717, 1.165) is 12.3 Å². The third-order valence-corrected chi connectivity index (χ3v) is 6.05. The molecule has 0 amide bonds. The maximum absolute atomic E-state index is 12.9. The molecule has 6 nitrogen and oxygen atoms in total. The van der Waals surface area contributed by atoms with Crippen molar-refractivity contribution in [1.82, 2.24) is 14.5 Å². The summed E-state index contributed by atoms with van der Waals surface area (Å²) < 4.78 is 65.4. The van der Waals surface area contributed by atoms with Gasteiger partial charge in [0.1, 0.15) is 11.5 Å². The molecule has 27 heavy (non-hydrogen) atoms. The molecular formula is C17H17F3N4O2S. The molecule has 1 aromatic carbocycles. The minimum atomic E-state index is -4.59. The fraction of sp³-hybridized carbons (Fsp3) is 0.294. The standard InChI is InChI=1S/C17H17F3N4O2S/c1-4-27(25,26)14-7-10(21-2)5-6-11(14)16-23-12-8-15(17(18,19)20)22-9-13(12)24(16)3/h5-9,21H,4H2,1-3H3. The first-order valence-corrected chi connectivity index (χ1v) is 9.68. The highest BCUT2D eigenvalue weighted by molar-refractivity contribution is 7.91. The van der Waals surface area contributed by atoms with E-state index < -0.39 is 21.7 Å². The number of anilines is 1. The summed E-state index contributed by atoms with van der Waals surface area (Å²) in [6, 6.07) is 5.62. The number of sulfone groups is 1. The van der Waals surface area contributed by atoms with E-state index in [2.05, 4.69) is 15.3 Å². The van der Waals surface area contributed by atoms with Crippen molar-refractivity contribution in [2.24, 2.45) is 7.05 Å². The van der Waals surface area contributed by atoms with Gasteiger partial charge in [0.15, 0.2) is 9.84 Å². The second-order valence-electron chi connectivity index (χ2n) is 5.91. The van der Waals surface area contributed by atoms with Gasteiger partial charge in [-0.05, 0) is 24.3 Å². The molecule has 0 spiro atoms. The molecule has 0 atom stereocenters. The summed E-state index contributed by atoms with van der Waals surface area (Å²) in [4.78, 5) is 7.77. The lowest BCUT2D eigenvalue weighted by Gasteiger charge is -2.12. The number of nitrogens with zero attached hydrogens (tertiary/aromatic N) is 3. The smallest absolute Gasteiger partial charge is 0.388 e. The Morgan fingerprint density at radius 1 is 1.22 bits per heavy atom.